The molecule has 3 N–H and O–H groups in total. The molecule has 0 amide bonds. The van der Waals surface area contributed by atoms with Gasteiger partial charge in [0.25, 0.3) is 0 Å². The molecule has 4 fully saturated rings. The van der Waals surface area contributed by atoms with Crippen LogP contribution in [0.1, 0.15) is 209 Å². The second-order valence-electron chi connectivity index (χ2n) is 20.9. The third kappa shape index (κ3) is 7.67. The van der Waals surface area contributed by atoms with Gasteiger partial charge in [-0.3, -0.25) is 4.79 Å². The minimum absolute atomic E-state index is 0.0438. The molecule has 0 saturated heterocycles. The lowest BCUT2D eigenvalue weighted by atomic mass is 9.34. The number of carbonyl (C=O) groups is 1. The Bertz CT molecular complexity index is 1280. The summed E-state index contributed by atoms with van der Waals surface area (Å²) in [5, 5.41) is 33.5. The zero-order chi connectivity index (χ0) is 38.0. The SMILES string of the molecule is C[C@H]1[C@H](C)CC[C@]2(C)CC[C@]3(C)C(=CC=C4[C@]5(C)C(CC[C@]43C)C(C)(C)[C@](O)(CCCCCCCCCCCCCCCCCC(=O)O)C[C@H]5O)[C@H]12. The fraction of sp³-hybridized carbons (Fsp3) is 0.896. The maximum absolute atomic E-state index is 12.5. The largest absolute Gasteiger partial charge is 0.481 e. The molecule has 0 aromatic rings. The highest BCUT2D eigenvalue weighted by molar-refractivity contribution is 5.66. The van der Waals surface area contributed by atoms with Crippen LogP contribution in [0.3, 0.4) is 0 Å². The van der Waals surface area contributed by atoms with Crippen molar-refractivity contribution >= 4 is 5.97 Å². The number of aliphatic hydroxyl groups excluding tert-OH is 1. The number of carboxylic acids is 1. The molecule has 4 nitrogen and oxygen atoms in total. The van der Waals surface area contributed by atoms with Crippen LogP contribution in [0.2, 0.25) is 0 Å². The average Bonchev–Trinajstić information content (AvgIpc) is 3.08. The van der Waals surface area contributed by atoms with Crippen molar-refractivity contribution < 1.29 is 20.1 Å². The molecule has 0 aliphatic heterocycles. The van der Waals surface area contributed by atoms with E-state index in [0.29, 0.717) is 30.1 Å². The van der Waals surface area contributed by atoms with Crippen molar-refractivity contribution in [3.8, 4) is 0 Å². The van der Waals surface area contributed by atoms with Crippen molar-refractivity contribution in [2.75, 3.05) is 0 Å². The highest BCUT2D eigenvalue weighted by Crippen LogP contribution is 2.75. The maximum Gasteiger partial charge on any atom is 0.303 e. The van der Waals surface area contributed by atoms with Crippen molar-refractivity contribution in [1.29, 1.82) is 0 Å². The van der Waals surface area contributed by atoms with Gasteiger partial charge < -0.3 is 15.3 Å². The van der Waals surface area contributed by atoms with E-state index in [1.165, 1.54) is 108 Å². The van der Waals surface area contributed by atoms with Crippen molar-refractivity contribution in [3.05, 3.63) is 23.3 Å². The van der Waals surface area contributed by atoms with E-state index >= 15 is 0 Å². The number of hydrogen-bond donors (Lipinski definition) is 3. The van der Waals surface area contributed by atoms with Crippen LogP contribution < -0.4 is 0 Å². The average molecular weight is 723 g/mol. The zero-order valence-corrected chi connectivity index (χ0v) is 35.3. The number of allylic oxidation sites excluding steroid dienone is 3. The Hall–Kier alpha value is -1.13. The Morgan fingerprint density at radius 3 is 1.79 bits per heavy atom. The van der Waals surface area contributed by atoms with Crippen molar-refractivity contribution in [2.45, 2.75) is 221 Å². The molecule has 0 aromatic heterocycles. The molecule has 10 atom stereocenters. The van der Waals surface area contributed by atoms with Crippen LogP contribution >= 0.6 is 0 Å². The summed E-state index contributed by atoms with van der Waals surface area (Å²) in [6.45, 7) is 19.9. The smallest absolute Gasteiger partial charge is 0.303 e. The molecule has 0 radical (unpaired) electrons. The quantitative estimate of drug-likeness (QED) is 0.123. The first kappa shape index (κ1) is 42.0. The van der Waals surface area contributed by atoms with E-state index in [-0.39, 0.29) is 27.6 Å². The van der Waals surface area contributed by atoms with Crippen molar-refractivity contribution in [1.82, 2.24) is 0 Å². The molecule has 0 bridgehead atoms. The normalized spacial score (nSPS) is 40.8. The third-order valence-corrected chi connectivity index (χ3v) is 17.8. The molecule has 4 heteroatoms. The van der Waals surface area contributed by atoms with Crippen LogP contribution in [0.25, 0.3) is 0 Å². The lowest BCUT2D eigenvalue weighted by Gasteiger charge is -2.71. The summed E-state index contributed by atoms with van der Waals surface area (Å²) in [4.78, 5) is 10.6. The van der Waals surface area contributed by atoms with Gasteiger partial charge in [0.05, 0.1) is 11.7 Å². The first-order valence-corrected chi connectivity index (χ1v) is 22.5. The molecular weight excluding hydrogens is 641 g/mol. The highest BCUT2D eigenvalue weighted by atomic mass is 16.4. The number of rotatable bonds is 18. The first-order chi connectivity index (χ1) is 24.5. The molecule has 5 aliphatic carbocycles. The van der Waals surface area contributed by atoms with Gasteiger partial charge in [0.1, 0.15) is 0 Å². The molecule has 1 unspecified atom stereocenters. The highest BCUT2D eigenvalue weighted by Gasteiger charge is 2.70. The molecule has 5 rings (SSSR count). The number of aliphatic carboxylic acids is 1. The van der Waals surface area contributed by atoms with Gasteiger partial charge in [-0.1, -0.05) is 169 Å². The second kappa shape index (κ2) is 16.5. The summed E-state index contributed by atoms with van der Waals surface area (Å²) >= 11 is 0. The first-order valence-electron chi connectivity index (χ1n) is 22.5. The van der Waals surface area contributed by atoms with Gasteiger partial charge in [-0.25, -0.2) is 0 Å². The number of aliphatic hydroxyl groups is 2. The number of hydrogen-bond acceptors (Lipinski definition) is 3. The van der Waals surface area contributed by atoms with E-state index in [9.17, 15) is 15.0 Å². The summed E-state index contributed by atoms with van der Waals surface area (Å²) in [6, 6.07) is 0. The molecule has 298 valence electrons. The molecule has 0 aromatic carbocycles. The van der Waals surface area contributed by atoms with Crippen LogP contribution in [0.5, 0.6) is 0 Å². The summed E-state index contributed by atoms with van der Waals surface area (Å²) in [5.41, 5.74) is 2.41. The van der Waals surface area contributed by atoms with Gasteiger partial charge >= 0.3 is 5.97 Å². The topological polar surface area (TPSA) is 77.8 Å². The predicted octanol–water partition coefficient (Wildman–Crippen LogP) is 13.0. The van der Waals surface area contributed by atoms with E-state index in [2.05, 4.69) is 67.5 Å². The van der Waals surface area contributed by atoms with Gasteiger partial charge in [-0.15, -0.1) is 0 Å². The van der Waals surface area contributed by atoms with Crippen LogP contribution in [-0.4, -0.2) is 33.0 Å². The number of fused-ring (bicyclic) bond motifs is 7. The van der Waals surface area contributed by atoms with Gasteiger partial charge in [0.15, 0.2) is 0 Å². The number of unbranched alkanes of at least 4 members (excludes halogenated alkanes) is 14. The predicted molar refractivity (Wildman–Crippen MR) is 217 cm³/mol. The van der Waals surface area contributed by atoms with Crippen LogP contribution in [0.15, 0.2) is 23.3 Å². The minimum atomic E-state index is -0.830. The maximum atomic E-state index is 12.5. The van der Waals surface area contributed by atoms with E-state index in [1.807, 2.05) is 0 Å². The van der Waals surface area contributed by atoms with E-state index in [4.69, 9.17) is 5.11 Å². The fourth-order valence-electron chi connectivity index (χ4n) is 13.6. The Morgan fingerprint density at radius 2 is 1.23 bits per heavy atom. The molecule has 0 heterocycles. The fourth-order valence-corrected chi connectivity index (χ4v) is 13.6. The monoisotopic (exact) mass is 723 g/mol. The van der Waals surface area contributed by atoms with Gasteiger partial charge in [0.2, 0.25) is 0 Å². The van der Waals surface area contributed by atoms with Gasteiger partial charge in [0, 0.05) is 18.3 Å². The van der Waals surface area contributed by atoms with Crippen molar-refractivity contribution in [2.24, 2.45) is 50.7 Å². The second-order valence-corrected chi connectivity index (χ2v) is 20.9. The number of carboxylic acid groups (broad SMARTS) is 1. The van der Waals surface area contributed by atoms with Gasteiger partial charge in [-0.2, -0.15) is 0 Å². The van der Waals surface area contributed by atoms with Crippen LogP contribution in [-0.2, 0) is 4.79 Å². The molecule has 0 spiro atoms. The van der Waals surface area contributed by atoms with Crippen LogP contribution in [0, 0.1) is 50.7 Å². The van der Waals surface area contributed by atoms with E-state index in [1.54, 1.807) is 5.57 Å². The third-order valence-electron chi connectivity index (χ3n) is 17.8. The zero-order valence-electron chi connectivity index (χ0n) is 35.3. The molecule has 5 aliphatic rings. The summed E-state index contributed by atoms with van der Waals surface area (Å²) in [5.74, 6) is 1.74. The Kier molecular flexibility index (Phi) is 13.4. The minimum Gasteiger partial charge on any atom is -0.481 e. The van der Waals surface area contributed by atoms with Crippen molar-refractivity contribution in [3.63, 3.8) is 0 Å². The summed E-state index contributed by atoms with van der Waals surface area (Å²) in [6.07, 6.45) is 32.1. The lowest BCUT2D eigenvalue weighted by Crippen LogP contribution is -2.68. The standard InChI is InChI=1S/C48H82O4/c1-35-27-30-44(5)32-33-45(6)37(42(44)36(35)2)25-26-39-46(45,7)31-28-38-43(3,4)48(52,34-40(49)47(38,39)8)29-23-21-19-17-15-13-11-9-10-12-14-16-18-20-22-24-41(50)51/h25-26,35-36,38,40,42,49,52H,9-24,27-34H2,1-8H3,(H,50,51)/t35-,36+,38?,40-,42+,44-,45-,46-,47+,48+/m1/s1. The lowest BCUT2D eigenvalue weighted by molar-refractivity contribution is -0.226. The van der Waals surface area contributed by atoms with E-state index in [0.717, 1.165) is 44.4 Å². The molecule has 52 heavy (non-hydrogen) atoms. The summed E-state index contributed by atoms with van der Waals surface area (Å²) < 4.78 is 0. The van der Waals surface area contributed by atoms with Crippen LogP contribution in [0.4, 0.5) is 0 Å². The molecule has 4 saturated carbocycles. The van der Waals surface area contributed by atoms with Gasteiger partial charge in [-0.05, 0) is 96.7 Å². The Labute approximate surface area is 320 Å². The van der Waals surface area contributed by atoms with E-state index < -0.39 is 17.7 Å². The Balaban J connectivity index is 1.10. The summed E-state index contributed by atoms with van der Waals surface area (Å²) in [7, 11) is 0. The molecular formula is C48H82O4. The Morgan fingerprint density at radius 1 is 0.692 bits per heavy atom.